The average molecular weight is 377 g/mol. The highest BCUT2D eigenvalue weighted by molar-refractivity contribution is 7.92. The Morgan fingerprint density at radius 2 is 1.69 bits per heavy atom. The first-order valence-electron chi connectivity index (χ1n) is 7.64. The molecular weight excluding hydrogens is 358 g/mol. The Morgan fingerprint density at radius 1 is 1.04 bits per heavy atom. The molecule has 26 heavy (non-hydrogen) atoms. The van der Waals surface area contributed by atoms with Crippen LogP contribution in [-0.2, 0) is 19.6 Å². The van der Waals surface area contributed by atoms with Crippen molar-refractivity contribution in [2.75, 3.05) is 23.7 Å². The number of sulfonamides is 1. The molecule has 0 aliphatic heterocycles. The number of carbonyl (C=O) groups is 2. The van der Waals surface area contributed by atoms with Gasteiger partial charge in [-0.1, -0.05) is 6.07 Å². The van der Waals surface area contributed by atoms with Gasteiger partial charge in [0.25, 0.3) is 15.9 Å². The molecule has 2 amide bonds. The molecular formula is C17H19N3O5S. The lowest BCUT2D eigenvalue weighted by molar-refractivity contribution is -0.122. The molecule has 0 aromatic heterocycles. The molecule has 9 heteroatoms. The Bertz CT molecular complexity index is 895. The minimum Gasteiger partial charge on any atom is -0.484 e. The summed E-state index contributed by atoms with van der Waals surface area (Å²) >= 11 is 0. The highest BCUT2D eigenvalue weighted by atomic mass is 32.2. The molecule has 0 unspecified atom stereocenters. The van der Waals surface area contributed by atoms with Gasteiger partial charge in [0.05, 0.1) is 10.6 Å². The fourth-order valence-electron chi connectivity index (χ4n) is 2.01. The molecule has 0 atom stereocenters. The first kappa shape index (κ1) is 19.3. The third-order valence-corrected chi connectivity index (χ3v) is 4.62. The Hall–Kier alpha value is -3.07. The third-order valence-electron chi connectivity index (χ3n) is 3.22. The maximum absolute atomic E-state index is 12.5. The van der Waals surface area contributed by atoms with Crippen molar-refractivity contribution in [2.24, 2.45) is 0 Å². The molecule has 138 valence electrons. The molecule has 3 N–H and O–H groups in total. The maximum atomic E-state index is 12.5. The summed E-state index contributed by atoms with van der Waals surface area (Å²) in [4.78, 5) is 22.3. The number of nitrogens with one attached hydrogen (secondary N) is 3. The summed E-state index contributed by atoms with van der Waals surface area (Å²) < 4.78 is 32.6. The van der Waals surface area contributed by atoms with E-state index in [0.717, 1.165) is 0 Å². The highest BCUT2D eigenvalue weighted by Crippen LogP contribution is 2.21. The van der Waals surface area contributed by atoms with Crippen molar-refractivity contribution in [2.45, 2.75) is 11.8 Å². The van der Waals surface area contributed by atoms with Crippen molar-refractivity contribution in [1.29, 1.82) is 0 Å². The van der Waals surface area contributed by atoms with Crippen LogP contribution in [0.25, 0.3) is 0 Å². The largest absolute Gasteiger partial charge is 0.484 e. The van der Waals surface area contributed by atoms with Gasteiger partial charge in [0.1, 0.15) is 5.75 Å². The van der Waals surface area contributed by atoms with Gasteiger partial charge in [0.2, 0.25) is 5.91 Å². The number of likely N-dealkylation sites (N-methyl/N-ethyl adjacent to an activating group) is 1. The van der Waals surface area contributed by atoms with E-state index < -0.39 is 10.0 Å². The first-order chi connectivity index (χ1) is 12.3. The normalized spacial score (nSPS) is 10.7. The molecule has 0 radical (unpaired) electrons. The van der Waals surface area contributed by atoms with E-state index in [1.54, 1.807) is 18.2 Å². The summed E-state index contributed by atoms with van der Waals surface area (Å²) in [5.74, 6) is -0.167. The second-order valence-electron chi connectivity index (χ2n) is 5.30. The molecule has 0 saturated heterocycles. The number of benzene rings is 2. The van der Waals surface area contributed by atoms with Crippen LogP contribution in [0.2, 0.25) is 0 Å². The van der Waals surface area contributed by atoms with Gasteiger partial charge in [-0.05, 0) is 42.5 Å². The van der Waals surface area contributed by atoms with Gasteiger partial charge in [0.15, 0.2) is 6.61 Å². The highest BCUT2D eigenvalue weighted by Gasteiger charge is 2.14. The minimum atomic E-state index is -3.81. The monoisotopic (exact) mass is 377 g/mol. The van der Waals surface area contributed by atoms with Crippen LogP contribution in [0.15, 0.2) is 53.4 Å². The van der Waals surface area contributed by atoms with Crippen molar-refractivity contribution in [1.82, 2.24) is 5.32 Å². The van der Waals surface area contributed by atoms with E-state index in [1.165, 1.54) is 44.3 Å². The van der Waals surface area contributed by atoms with Gasteiger partial charge in [0, 0.05) is 19.7 Å². The standard InChI is InChI=1S/C17H19N3O5S/c1-12(21)19-13-4-3-5-14(10-13)20-26(23,24)16-8-6-15(7-9-16)25-11-17(22)18-2/h3-10,20H,11H2,1-2H3,(H,18,22)(H,19,21). The van der Waals surface area contributed by atoms with Crippen LogP contribution >= 0.6 is 0 Å². The molecule has 0 bridgehead atoms. The van der Waals surface area contributed by atoms with Crippen LogP contribution in [0.3, 0.4) is 0 Å². The zero-order chi connectivity index (χ0) is 19.2. The minimum absolute atomic E-state index is 0.0368. The Balaban J connectivity index is 2.10. The van der Waals surface area contributed by atoms with Crippen LogP contribution in [0, 0.1) is 0 Å². The molecule has 0 saturated carbocycles. The predicted octanol–water partition coefficient (Wildman–Crippen LogP) is 1.57. The van der Waals surface area contributed by atoms with E-state index in [0.29, 0.717) is 17.1 Å². The van der Waals surface area contributed by atoms with Crippen molar-refractivity contribution in [3.8, 4) is 5.75 Å². The second kappa shape index (κ2) is 8.34. The van der Waals surface area contributed by atoms with Crippen molar-refractivity contribution in [3.63, 3.8) is 0 Å². The lowest BCUT2D eigenvalue weighted by atomic mass is 10.3. The topological polar surface area (TPSA) is 114 Å². The lowest BCUT2D eigenvalue weighted by Gasteiger charge is -2.11. The molecule has 8 nitrogen and oxygen atoms in total. The average Bonchev–Trinajstić information content (AvgIpc) is 2.59. The molecule has 2 aromatic rings. The van der Waals surface area contributed by atoms with E-state index >= 15 is 0 Å². The molecule has 0 aliphatic rings. The fraction of sp³-hybridized carbons (Fsp3) is 0.176. The SMILES string of the molecule is CNC(=O)COc1ccc(S(=O)(=O)Nc2cccc(NC(C)=O)c2)cc1. The smallest absolute Gasteiger partial charge is 0.261 e. The summed E-state index contributed by atoms with van der Waals surface area (Å²) in [6.45, 7) is 1.21. The number of ether oxygens (including phenoxy) is 1. The number of amides is 2. The Labute approximate surface area is 151 Å². The first-order valence-corrected chi connectivity index (χ1v) is 9.12. The van der Waals surface area contributed by atoms with Crippen LogP contribution in [0.5, 0.6) is 5.75 Å². The van der Waals surface area contributed by atoms with E-state index in [9.17, 15) is 18.0 Å². The number of hydrogen-bond acceptors (Lipinski definition) is 5. The maximum Gasteiger partial charge on any atom is 0.261 e. The second-order valence-corrected chi connectivity index (χ2v) is 6.98. The van der Waals surface area contributed by atoms with E-state index in [2.05, 4.69) is 15.4 Å². The van der Waals surface area contributed by atoms with Gasteiger partial charge in [-0.2, -0.15) is 0 Å². The lowest BCUT2D eigenvalue weighted by Crippen LogP contribution is -2.24. The molecule has 0 heterocycles. The van der Waals surface area contributed by atoms with Crippen LogP contribution in [0.4, 0.5) is 11.4 Å². The predicted molar refractivity (Wildman–Crippen MR) is 97.6 cm³/mol. The van der Waals surface area contributed by atoms with Gasteiger partial charge in [-0.15, -0.1) is 0 Å². The zero-order valence-corrected chi connectivity index (χ0v) is 15.1. The number of hydrogen-bond donors (Lipinski definition) is 3. The molecule has 0 fully saturated rings. The van der Waals surface area contributed by atoms with Gasteiger partial charge in [-0.25, -0.2) is 8.42 Å². The number of rotatable bonds is 7. The van der Waals surface area contributed by atoms with E-state index in [1.807, 2.05) is 0 Å². The van der Waals surface area contributed by atoms with Crippen LogP contribution in [0.1, 0.15) is 6.92 Å². The quantitative estimate of drug-likeness (QED) is 0.678. The number of carbonyl (C=O) groups excluding carboxylic acids is 2. The van der Waals surface area contributed by atoms with Crippen LogP contribution in [-0.4, -0.2) is 33.9 Å². The van der Waals surface area contributed by atoms with Gasteiger partial charge < -0.3 is 15.4 Å². The number of anilines is 2. The fourth-order valence-corrected chi connectivity index (χ4v) is 3.06. The Kier molecular flexibility index (Phi) is 6.18. The summed E-state index contributed by atoms with van der Waals surface area (Å²) in [5, 5.41) is 5.00. The third kappa shape index (κ3) is 5.49. The Morgan fingerprint density at radius 3 is 2.31 bits per heavy atom. The van der Waals surface area contributed by atoms with E-state index in [4.69, 9.17) is 4.74 Å². The molecule has 2 rings (SSSR count). The van der Waals surface area contributed by atoms with Crippen molar-refractivity contribution in [3.05, 3.63) is 48.5 Å². The molecule has 2 aromatic carbocycles. The zero-order valence-electron chi connectivity index (χ0n) is 14.3. The molecule has 0 aliphatic carbocycles. The summed E-state index contributed by atoms with van der Waals surface area (Å²) in [7, 11) is -2.31. The summed E-state index contributed by atoms with van der Waals surface area (Å²) in [5.41, 5.74) is 0.798. The van der Waals surface area contributed by atoms with E-state index in [-0.39, 0.29) is 23.3 Å². The van der Waals surface area contributed by atoms with Crippen molar-refractivity contribution < 1.29 is 22.7 Å². The summed E-state index contributed by atoms with van der Waals surface area (Å²) in [6.07, 6.45) is 0. The summed E-state index contributed by atoms with van der Waals surface area (Å²) in [6, 6.07) is 12.0. The van der Waals surface area contributed by atoms with Gasteiger partial charge in [-0.3, -0.25) is 14.3 Å². The molecule has 0 spiro atoms. The van der Waals surface area contributed by atoms with Crippen LogP contribution < -0.4 is 20.1 Å². The van der Waals surface area contributed by atoms with Crippen molar-refractivity contribution >= 4 is 33.2 Å². The van der Waals surface area contributed by atoms with Gasteiger partial charge >= 0.3 is 0 Å².